The summed E-state index contributed by atoms with van der Waals surface area (Å²) in [4.78, 5) is 26.1. The lowest BCUT2D eigenvalue weighted by Crippen LogP contribution is -2.14. The molecule has 0 aliphatic carbocycles. The number of ether oxygens (including phenoxy) is 3. The number of benzene rings is 1. The molecule has 120 valence electrons. The molecule has 2 rings (SSSR count). The van der Waals surface area contributed by atoms with Gasteiger partial charge in [-0.3, -0.25) is 4.79 Å². The second-order valence-electron chi connectivity index (χ2n) is 4.36. The molecule has 0 bridgehead atoms. The van der Waals surface area contributed by atoms with Crippen molar-refractivity contribution in [2.24, 2.45) is 0 Å². The van der Waals surface area contributed by atoms with Gasteiger partial charge in [0.1, 0.15) is 17.7 Å². The average Bonchev–Trinajstić information content (AvgIpc) is 2.59. The molecular weight excluding hydrogens is 304 g/mol. The summed E-state index contributed by atoms with van der Waals surface area (Å²) in [6, 6.07) is 7.63. The molecular formula is C15H14N2O6. The highest BCUT2D eigenvalue weighted by Gasteiger charge is 2.19. The van der Waals surface area contributed by atoms with E-state index in [1.807, 2.05) is 0 Å². The smallest absolute Gasteiger partial charge is 0.406 e. The lowest BCUT2D eigenvalue weighted by Gasteiger charge is -2.10. The Bertz CT molecular complexity index is 732. The Hall–Kier alpha value is -3.16. The molecule has 0 radical (unpaired) electrons. The number of methoxy groups -OCH3 is 2. The maximum Gasteiger partial charge on any atom is 0.406 e. The van der Waals surface area contributed by atoms with Crippen LogP contribution in [0.5, 0.6) is 17.2 Å². The van der Waals surface area contributed by atoms with Gasteiger partial charge in [-0.05, 0) is 40.2 Å². The molecule has 0 aliphatic heterocycles. The van der Waals surface area contributed by atoms with Crippen LogP contribution in [0.4, 0.5) is 5.82 Å². The molecule has 0 unspecified atom stereocenters. The van der Waals surface area contributed by atoms with Gasteiger partial charge >= 0.3 is 5.82 Å². The van der Waals surface area contributed by atoms with Gasteiger partial charge in [-0.15, -0.1) is 0 Å². The number of hydrogen-bond donors (Lipinski definition) is 0. The maximum absolute atomic E-state index is 12.3. The van der Waals surface area contributed by atoms with Crippen molar-refractivity contribution >= 4 is 11.6 Å². The molecule has 1 aromatic heterocycles. The number of pyridine rings is 1. The second-order valence-corrected chi connectivity index (χ2v) is 4.36. The summed E-state index contributed by atoms with van der Waals surface area (Å²) in [7, 11) is 2.91. The highest BCUT2D eigenvalue weighted by atomic mass is 16.6. The molecule has 0 spiro atoms. The normalized spacial score (nSPS) is 10.0. The van der Waals surface area contributed by atoms with Crippen LogP contribution in [0, 0.1) is 10.1 Å². The summed E-state index contributed by atoms with van der Waals surface area (Å²) >= 11 is 0. The molecule has 23 heavy (non-hydrogen) atoms. The standard InChI is InChI=1S/C15H14N2O6/c1-21-10-5-6-13(22-2)11(8-10)12(18)9-23-14-4-3-7-16-15(14)17(19)20/h3-8H,9H2,1-2H3. The van der Waals surface area contributed by atoms with E-state index in [1.165, 1.54) is 38.6 Å². The number of aromatic nitrogens is 1. The largest absolute Gasteiger partial charge is 0.497 e. The van der Waals surface area contributed by atoms with Gasteiger partial charge in [-0.2, -0.15) is 0 Å². The third kappa shape index (κ3) is 3.73. The zero-order chi connectivity index (χ0) is 16.8. The third-order valence-corrected chi connectivity index (χ3v) is 2.99. The van der Waals surface area contributed by atoms with Crippen molar-refractivity contribution < 1.29 is 23.9 Å². The minimum atomic E-state index is -0.675. The van der Waals surface area contributed by atoms with Crippen LogP contribution in [-0.4, -0.2) is 36.5 Å². The van der Waals surface area contributed by atoms with E-state index in [4.69, 9.17) is 14.2 Å². The van der Waals surface area contributed by atoms with Crippen molar-refractivity contribution in [1.29, 1.82) is 0 Å². The summed E-state index contributed by atoms with van der Waals surface area (Å²) in [6.45, 7) is -0.393. The molecule has 0 saturated carbocycles. The topological polar surface area (TPSA) is 101 Å². The van der Waals surface area contributed by atoms with Crippen LogP contribution in [0.3, 0.4) is 0 Å². The minimum Gasteiger partial charge on any atom is -0.497 e. The lowest BCUT2D eigenvalue weighted by molar-refractivity contribution is -0.390. The number of carbonyl (C=O) groups excluding carboxylic acids is 1. The number of Topliss-reactive ketones (excluding diaryl/α,β-unsaturated/α-hetero) is 1. The van der Waals surface area contributed by atoms with Crippen LogP contribution in [0.15, 0.2) is 36.5 Å². The predicted molar refractivity (Wildman–Crippen MR) is 80.3 cm³/mol. The quantitative estimate of drug-likeness (QED) is 0.438. The summed E-state index contributed by atoms with van der Waals surface area (Å²) < 4.78 is 15.4. The fraction of sp³-hybridized carbons (Fsp3) is 0.200. The molecule has 0 aliphatic rings. The first-order valence-electron chi connectivity index (χ1n) is 6.54. The first-order valence-corrected chi connectivity index (χ1v) is 6.54. The Morgan fingerprint density at radius 2 is 2.00 bits per heavy atom. The molecule has 0 atom stereocenters. The van der Waals surface area contributed by atoms with E-state index in [0.29, 0.717) is 11.5 Å². The van der Waals surface area contributed by atoms with Gasteiger partial charge in [0.05, 0.1) is 19.8 Å². The predicted octanol–water partition coefficient (Wildman–Crippen LogP) is 2.27. The van der Waals surface area contributed by atoms with Gasteiger partial charge < -0.3 is 24.3 Å². The molecule has 1 aromatic carbocycles. The fourth-order valence-corrected chi connectivity index (χ4v) is 1.89. The maximum atomic E-state index is 12.3. The summed E-state index contributed by atoms with van der Waals surface area (Å²) in [5.74, 6) is -0.0777. The molecule has 8 nitrogen and oxygen atoms in total. The Balaban J connectivity index is 2.19. The van der Waals surface area contributed by atoms with Gasteiger partial charge in [0.15, 0.2) is 6.61 Å². The summed E-state index contributed by atoms with van der Waals surface area (Å²) in [5.41, 5.74) is 0.262. The number of ketones is 1. The number of nitro groups is 1. The van der Waals surface area contributed by atoms with Crippen LogP contribution in [0.25, 0.3) is 0 Å². The molecule has 1 heterocycles. The third-order valence-electron chi connectivity index (χ3n) is 2.99. The van der Waals surface area contributed by atoms with Crippen LogP contribution in [0.2, 0.25) is 0 Å². The monoisotopic (exact) mass is 318 g/mol. The number of rotatable bonds is 7. The van der Waals surface area contributed by atoms with E-state index in [-0.39, 0.29) is 11.3 Å². The van der Waals surface area contributed by atoms with Gasteiger partial charge in [0, 0.05) is 0 Å². The molecule has 0 amide bonds. The van der Waals surface area contributed by atoms with E-state index < -0.39 is 23.1 Å². The molecule has 0 fully saturated rings. The van der Waals surface area contributed by atoms with E-state index in [2.05, 4.69) is 4.98 Å². The van der Waals surface area contributed by atoms with Crippen molar-refractivity contribution in [2.75, 3.05) is 20.8 Å². The van der Waals surface area contributed by atoms with Crippen molar-refractivity contribution in [3.63, 3.8) is 0 Å². The summed E-state index contributed by atoms with van der Waals surface area (Å²) in [5, 5.41) is 10.9. The number of nitrogens with zero attached hydrogens (tertiary/aromatic N) is 2. The lowest BCUT2D eigenvalue weighted by atomic mass is 10.1. The highest BCUT2D eigenvalue weighted by molar-refractivity contribution is 6.00. The van der Waals surface area contributed by atoms with Crippen molar-refractivity contribution in [1.82, 2.24) is 4.98 Å². The SMILES string of the molecule is COc1ccc(OC)c(C(=O)COc2cccnc2[N+](=O)[O-])c1. The van der Waals surface area contributed by atoms with Crippen molar-refractivity contribution in [2.45, 2.75) is 0 Å². The number of hydrogen-bond acceptors (Lipinski definition) is 7. The van der Waals surface area contributed by atoms with Crippen LogP contribution >= 0.6 is 0 Å². The fourth-order valence-electron chi connectivity index (χ4n) is 1.89. The van der Waals surface area contributed by atoms with E-state index >= 15 is 0 Å². The van der Waals surface area contributed by atoms with Crippen molar-refractivity contribution in [3.8, 4) is 17.2 Å². The van der Waals surface area contributed by atoms with Gasteiger partial charge in [0.2, 0.25) is 11.5 Å². The molecule has 2 aromatic rings. The first kappa shape index (κ1) is 16.2. The molecule has 8 heteroatoms. The Morgan fingerprint density at radius 3 is 2.65 bits per heavy atom. The van der Waals surface area contributed by atoms with Crippen LogP contribution in [0.1, 0.15) is 10.4 Å². The Kier molecular flexibility index (Phi) is 5.08. The van der Waals surface area contributed by atoms with Crippen LogP contribution in [-0.2, 0) is 0 Å². The molecule has 0 N–H and O–H groups in total. The van der Waals surface area contributed by atoms with E-state index in [1.54, 1.807) is 12.1 Å². The second kappa shape index (κ2) is 7.21. The molecule has 0 saturated heterocycles. The Labute approximate surface area is 131 Å². The first-order chi connectivity index (χ1) is 11.1. The van der Waals surface area contributed by atoms with E-state index in [9.17, 15) is 14.9 Å². The minimum absolute atomic E-state index is 0.0762. The van der Waals surface area contributed by atoms with Gasteiger partial charge in [0.25, 0.3) is 0 Å². The Morgan fingerprint density at radius 1 is 1.22 bits per heavy atom. The number of carbonyl (C=O) groups is 1. The van der Waals surface area contributed by atoms with Gasteiger partial charge in [-0.25, -0.2) is 0 Å². The zero-order valence-corrected chi connectivity index (χ0v) is 12.5. The van der Waals surface area contributed by atoms with Crippen LogP contribution < -0.4 is 14.2 Å². The van der Waals surface area contributed by atoms with Crippen molar-refractivity contribution in [3.05, 3.63) is 52.2 Å². The average molecular weight is 318 g/mol. The summed E-state index contributed by atoms with van der Waals surface area (Å²) in [6.07, 6.45) is 1.28. The van der Waals surface area contributed by atoms with E-state index in [0.717, 1.165) is 0 Å². The zero-order valence-electron chi connectivity index (χ0n) is 12.5. The highest BCUT2D eigenvalue weighted by Crippen LogP contribution is 2.26. The van der Waals surface area contributed by atoms with Gasteiger partial charge in [-0.1, -0.05) is 0 Å².